The van der Waals surface area contributed by atoms with Gasteiger partial charge in [0.25, 0.3) is 0 Å². The van der Waals surface area contributed by atoms with Crippen molar-refractivity contribution >= 4 is 17.5 Å². The quantitative estimate of drug-likeness (QED) is 0.847. The van der Waals surface area contributed by atoms with Crippen molar-refractivity contribution < 1.29 is 4.79 Å². The fraction of sp³-hybridized carbons (Fsp3) is 0.381. The van der Waals surface area contributed by atoms with Crippen LogP contribution in [0.3, 0.4) is 0 Å². The summed E-state index contributed by atoms with van der Waals surface area (Å²) in [5.41, 5.74) is 2.36. The number of carbonyl (C=O) groups excluding carboxylic acids is 1. The lowest BCUT2D eigenvalue weighted by molar-refractivity contribution is -0.126. The van der Waals surface area contributed by atoms with Crippen LogP contribution in [0.4, 0.5) is 0 Å². The van der Waals surface area contributed by atoms with E-state index in [0.717, 1.165) is 43.3 Å². The van der Waals surface area contributed by atoms with E-state index in [-0.39, 0.29) is 11.9 Å². The molecule has 1 N–H and O–H groups in total. The van der Waals surface area contributed by atoms with Gasteiger partial charge >= 0.3 is 0 Å². The van der Waals surface area contributed by atoms with Crippen LogP contribution in [-0.4, -0.2) is 47.9 Å². The number of benzene rings is 2. The molecule has 4 nitrogen and oxygen atoms in total. The fourth-order valence-electron chi connectivity index (χ4n) is 3.30. The summed E-state index contributed by atoms with van der Waals surface area (Å²) < 4.78 is 0. The average molecular weight is 372 g/mol. The molecular weight excluding hydrogens is 346 g/mol. The molecule has 1 saturated heterocycles. The number of halogens is 1. The number of rotatable bonds is 6. The third kappa shape index (κ3) is 5.31. The van der Waals surface area contributed by atoms with Gasteiger partial charge in [-0.15, -0.1) is 0 Å². The second-order valence-corrected chi connectivity index (χ2v) is 7.26. The highest BCUT2D eigenvalue weighted by molar-refractivity contribution is 6.30. The first-order chi connectivity index (χ1) is 12.6. The summed E-state index contributed by atoms with van der Waals surface area (Å²) >= 11 is 6.06. The van der Waals surface area contributed by atoms with Crippen LogP contribution in [0.1, 0.15) is 18.1 Å². The third-order valence-electron chi connectivity index (χ3n) is 4.94. The van der Waals surface area contributed by atoms with Gasteiger partial charge < -0.3 is 5.32 Å². The van der Waals surface area contributed by atoms with Crippen LogP contribution in [0.2, 0.25) is 5.02 Å². The van der Waals surface area contributed by atoms with Gasteiger partial charge in [-0.1, -0.05) is 54.1 Å². The lowest BCUT2D eigenvalue weighted by Gasteiger charge is -2.37. The number of nitrogens with zero attached hydrogens (tertiary/aromatic N) is 2. The minimum atomic E-state index is -0.105. The zero-order valence-electron chi connectivity index (χ0n) is 15.2. The highest BCUT2D eigenvalue weighted by atomic mass is 35.5. The first-order valence-electron chi connectivity index (χ1n) is 9.14. The monoisotopic (exact) mass is 371 g/mol. The van der Waals surface area contributed by atoms with Gasteiger partial charge in [-0.25, -0.2) is 0 Å². The molecule has 26 heavy (non-hydrogen) atoms. The van der Waals surface area contributed by atoms with Crippen LogP contribution in [0, 0.1) is 0 Å². The SMILES string of the molecule is C[C@H](C(=O)NCc1ccccc1)N1CCN(Cc2cccc(Cl)c2)CC1. The average Bonchev–Trinajstić information content (AvgIpc) is 2.67. The first kappa shape index (κ1) is 18.9. The molecule has 0 radical (unpaired) electrons. The molecule has 1 aliphatic rings. The molecule has 5 heteroatoms. The molecule has 1 heterocycles. The van der Waals surface area contributed by atoms with Gasteiger partial charge in [-0.3, -0.25) is 14.6 Å². The highest BCUT2D eigenvalue weighted by Gasteiger charge is 2.25. The molecule has 1 atom stereocenters. The number of carbonyl (C=O) groups is 1. The van der Waals surface area contributed by atoms with Crippen molar-refractivity contribution in [1.82, 2.24) is 15.1 Å². The fourth-order valence-corrected chi connectivity index (χ4v) is 3.51. The van der Waals surface area contributed by atoms with Gasteiger partial charge in [0, 0.05) is 44.3 Å². The van der Waals surface area contributed by atoms with Gasteiger partial charge in [-0.2, -0.15) is 0 Å². The molecule has 2 aromatic carbocycles. The number of amides is 1. The Bertz CT molecular complexity index is 714. The Morgan fingerprint density at radius 2 is 1.73 bits per heavy atom. The molecular formula is C21H26ClN3O. The standard InChI is InChI=1S/C21H26ClN3O/c1-17(21(26)23-15-18-6-3-2-4-7-18)25-12-10-24(11-13-25)16-19-8-5-9-20(22)14-19/h2-9,14,17H,10-13,15-16H2,1H3,(H,23,26)/t17-/m1/s1. The number of hydrogen-bond acceptors (Lipinski definition) is 3. The van der Waals surface area contributed by atoms with Gasteiger partial charge in [0.05, 0.1) is 6.04 Å². The Kier molecular flexibility index (Phi) is 6.67. The lowest BCUT2D eigenvalue weighted by atomic mass is 10.1. The summed E-state index contributed by atoms with van der Waals surface area (Å²) in [4.78, 5) is 17.1. The Balaban J connectivity index is 1.44. The maximum absolute atomic E-state index is 12.4. The topological polar surface area (TPSA) is 35.6 Å². The van der Waals surface area contributed by atoms with Crippen molar-refractivity contribution in [2.45, 2.75) is 26.1 Å². The predicted molar refractivity (Wildman–Crippen MR) is 106 cm³/mol. The summed E-state index contributed by atoms with van der Waals surface area (Å²) in [6.45, 7) is 7.21. The largest absolute Gasteiger partial charge is 0.351 e. The van der Waals surface area contributed by atoms with Crippen molar-refractivity contribution in [3.8, 4) is 0 Å². The molecule has 1 amide bonds. The molecule has 0 bridgehead atoms. The number of nitrogens with one attached hydrogen (secondary N) is 1. The van der Waals surface area contributed by atoms with Crippen LogP contribution in [0.25, 0.3) is 0 Å². The smallest absolute Gasteiger partial charge is 0.237 e. The Morgan fingerprint density at radius 3 is 2.42 bits per heavy atom. The minimum Gasteiger partial charge on any atom is -0.351 e. The molecule has 138 valence electrons. The third-order valence-corrected chi connectivity index (χ3v) is 5.17. The predicted octanol–water partition coefficient (Wildman–Crippen LogP) is 3.16. The van der Waals surface area contributed by atoms with Gasteiger partial charge in [-0.05, 0) is 30.2 Å². The number of piperazine rings is 1. The summed E-state index contributed by atoms with van der Waals surface area (Å²) in [6, 6.07) is 17.9. The normalized spacial score (nSPS) is 17.0. The van der Waals surface area contributed by atoms with Crippen molar-refractivity contribution in [1.29, 1.82) is 0 Å². The number of hydrogen-bond donors (Lipinski definition) is 1. The summed E-state index contributed by atoms with van der Waals surface area (Å²) in [5.74, 6) is 0.0946. The van der Waals surface area contributed by atoms with E-state index in [0.29, 0.717) is 6.54 Å². The van der Waals surface area contributed by atoms with Crippen LogP contribution in [-0.2, 0) is 17.9 Å². The second kappa shape index (κ2) is 9.17. The van der Waals surface area contributed by atoms with E-state index in [1.54, 1.807) is 0 Å². The van der Waals surface area contributed by atoms with E-state index < -0.39 is 0 Å². The Hall–Kier alpha value is -1.88. The lowest BCUT2D eigenvalue weighted by Crippen LogP contribution is -2.53. The summed E-state index contributed by atoms with van der Waals surface area (Å²) in [7, 11) is 0. The van der Waals surface area contributed by atoms with Crippen LogP contribution in [0.15, 0.2) is 54.6 Å². The Morgan fingerprint density at radius 1 is 1.04 bits per heavy atom. The molecule has 0 unspecified atom stereocenters. The molecule has 1 aliphatic heterocycles. The molecule has 1 fully saturated rings. The van der Waals surface area contributed by atoms with Crippen LogP contribution < -0.4 is 5.32 Å². The van der Waals surface area contributed by atoms with Crippen molar-refractivity contribution in [2.75, 3.05) is 26.2 Å². The van der Waals surface area contributed by atoms with Gasteiger partial charge in [0.15, 0.2) is 0 Å². The molecule has 2 aromatic rings. The maximum Gasteiger partial charge on any atom is 0.237 e. The zero-order chi connectivity index (χ0) is 18.4. The summed E-state index contributed by atoms with van der Waals surface area (Å²) in [5, 5.41) is 3.83. The second-order valence-electron chi connectivity index (χ2n) is 6.82. The first-order valence-corrected chi connectivity index (χ1v) is 9.52. The highest BCUT2D eigenvalue weighted by Crippen LogP contribution is 2.15. The van der Waals surface area contributed by atoms with E-state index in [1.165, 1.54) is 5.56 Å². The van der Waals surface area contributed by atoms with Gasteiger partial charge in [0.2, 0.25) is 5.91 Å². The summed E-state index contributed by atoms with van der Waals surface area (Å²) in [6.07, 6.45) is 0. The van der Waals surface area contributed by atoms with E-state index in [1.807, 2.05) is 55.5 Å². The van der Waals surface area contributed by atoms with E-state index in [9.17, 15) is 4.79 Å². The van der Waals surface area contributed by atoms with Gasteiger partial charge in [0.1, 0.15) is 0 Å². The minimum absolute atomic E-state index is 0.0946. The molecule has 3 rings (SSSR count). The molecule has 0 spiro atoms. The molecule has 0 aliphatic carbocycles. The van der Waals surface area contributed by atoms with Crippen molar-refractivity contribution in [2.24, 2.45) is 0 Å². The molecule has 0 saturated carbocycles. The maximum atomic E-state index is 12.4. The Labute approximate surface area is 160 Å². The van der Waals surface area contributed by atoms with E-state index >= 15 is 0 Å². The van der Waals surface area contributed by atoms with E-state index in [4.69, 9.17) is 11.6 Å². The molecule has 0 aromatic heterocycles. The zero-order valence-corrected chi connectivity index (χ0v) is 16.0. The van der Waals surface area contributed by atoms with E-state index in [2.05, 4.69) is 21.2 Å². The van der Waals surface area contributed by atoms with Crippen LogP contribution >= 0.6 is 11.6 Å². The van der Waals surface area contributed by atoms with Crippen LogP contribution in [0.5, 0.6) is 0 Å². The van der Waals surface area contributed by atoms with Crippen molar-refractivity contribution in [3.63, 3.8) is 0 Å². The van der Waals surface area contributed by atoms with Crippen molar-refractivity contribution in [3.05, 3.63) is 70.7 Å².